The van der Waals surface area contributed by atoms with Crippen molar-refractivity contribution in [2.45, 2.75) is 57.7 Å². The number of carbonyl (C=O) groups excluding carboxylic acids is 3. The smallest absolute Gasteiger partial charge is 0.408 e. The van der Waals surface area contributed by atoms with Crippen LogP contribution >= 0.6 is 0 Å². The highest BCUT2D eigenvalue weighted by Crippen LogP contribution is 2.17. The van der Waals surface area contributed by atoms with E-state index in [1.165, 1.54) is 0 Å². The number of amides is 2. The Balaban J connectivity index is 2.26. The van der Waals surface area contributed by atoms with Crippen LogP contribution in [0.3, 0.4) is 0 Å². The quantitative estimate of drug-likeness (QED) is 0.408. The number of nitrogens with one attached hydrogen (secondary N) is 2. The fourth-order valence-corrected chi connectivity index (χ4v) is 3.26. The molecule has 0 aliphatic rings. The summed E-state index contributed by atoms with van der Waals surface area (Å²) in [4.78, 5) is 37.4. The number of hydrogen-bond acceptors (Lipinski definition) is 5. The standard InChI is InChI=1S/C25H29F3N2O5/c1-25(2,3)35-24(33)30-21(10-15-8-6-5-7-9-15)23(32)29-17(13-22(31)34-4)11-16-12-19(27)20(28)14-18(16)26/h5-9,12,14,17,21H,10-11,13H2,1-4H3,(H,29,32)(H,30,33). The van der Waals surface area contributed by atoms with E-state index in [-0.39, 0.29) is 24.8 Å². The van der Waals surface area contributed by atoms with Gasteiger partial charge in [-0.15, -0.1) is 0 Å². The van der Waals surface area contributed by atoms with Gasteiger partial charge < -0.3 is 20.1 Å². The average Bonchev–Trinajstić information content (AvgIpc) is 2.76. The summed E-state index contributed by atoms with van der Waals surface area (Å²) in [6, 6.07) is 7.77. The minimum Gasteiger partial charge on any atom is -0.469 e. The van der Waals surface area contributed by atoms with E-state index in [4.69, 9.17) is 4.74 Å². The number of benzene rings is 2. The minimum atomic E-state index is -1.36. The normalized spacial score (nSPS) is 12.9. The molecule has 0 aliphatic heterocycles. The molecule has 2 unspecified atom stereocenters. The molecule has 35 heavy (non-hydrogen) atoms. The molecule has 0 bridgehead atoms. The van der Waals surface area contributed by atoms with Crippen LogP contribution in [-0.2, 0) is 31.9 Å². The van der Waals surface area contributed by atoms with Gasteiger partial charge in [0.05, 0.1) is 13.5 Å². The van der Waals surface area contributed by atoms with Crippen LogP contribution in [0.25, 0.3) is 0 Å². The van der Waals surface area contributed by atoms with Crippen molar-refractivity contribution in [2.75, 3.05) is 7.11 Å². The Bertz CT molecular complexity index is 1040. The zero-order valence-electron chi connectivity index (χ0n) is 20.0. The Kier molecular flexibility index (Phi) is 9.68. The maximum Gasteiger partial charge on any atom is 0.408 e. The molecule has 190 valence electrons. The Morgan fingerprint density at radius 3 is 2.14 bits per heavy atom. The molecular formula is C25H29F3N2O5. The first-order valence-corrected chi connectivity index (χ1v) is 10.9. The van der Waals surface area contributed by atoms with E-state index < -0.39 is 53.1 Å². The van der Waals surface area contributed by atoms with E-state index in [2.05, 4.69) is 15.4 Å². The Hall–Kier alpha value is -3.56. The Morgan fingerprint density at radius 1 is 0.914 bits per heavy atom. The van der Waals surface area contributed by atoms with Crippen LogP contribution in [0.1, 0.15) is 38.3 Å². The highest BCUT2D eigenvalue weighted by atomic mass is 19.2. The molecule has 0 aromatic heterocycles. The summed E-state index contributed by atoms with van der Waals surface area (Å²) in [5, 5.41) is 5.10. The van der Waals surface area contributed by atoms with Gasteiger partial charge in [-0.05, 0) is 44.4 Å². The summed E-state index contributed by atoms with van der Waals surface area (Å²) in [5.74, 6) is -5.04. The van der Waals surface area contributed by atoms with Crippen molar-refractivity contribution in [3.05, 3.63) is 71.0 Å². The maximum absolute atomic E-state index is 14.2. The molecule has 0 spiro atoms. The van der Waals surface area contributed by atoms with Crippen LogP contribution in [0.4, 0.5) is 18.0 Å². The second-order valence-electron chi connectivity index (χ2n) is 8.94. The van der Waals surface area contributed by atoms with Gasteiger partial charge in [0.2, 0.25) is 5.91 Å². The van der Waals surface area contributed by atoms with Crippen molar-refractivity contribution in [3.63, 3.8) is 0 Å². The van der Waals surface area contributed by atoms with Crippen molar-refractivity contribution in [2.24, 2.45) is 0 Å². The lowest BCUT2D eigenvalue weighted by atomic mass is 10.0. The molecule has 0 saturated carbocycles. The highest BCUT2D eigenvalue weighted by molar-refractivity contribution is 5.86. The van der Waals surface area contributed by atoms with E-state index in [9.17, 15) is 27.6 Å². The Morgan fingerprint density at radius 2 is 1.54 bits per heavy atom. The van der Waals surface area contributed by atoms with Crippen LogP contribution in [0, 0.1) is 17.5 Å². The van der Waals surface area contributed by atoms with Crippen molar-refractivity contribution in [3.8, 4) is 0 Å². The molecule has 0 aliphatic carbocycles. The summed E-state index contributed by atoms with van der Waals surface area (Å²) in [6.07, 6.45) is -1.43. The summed E-state index contributed by atoms with van der Waals surface area (Å²) in [7, 11) is 1.14. The van der Waals surface area contributed by atoms with Crippen molar-refractivity contribution in [1.82, 2.24) is 10.6 Å². The van der Waals surface area contributed by atoms with Crippen molar-refractivity contribution in [1.29, 1.82) is 0 Å². The second-order valence-corrected chi connectivity index (χ2v) is 8.94. The Labute approximate surface area is 202 Å². The van der Waals surface area contributed by atoms with E-state index >= 15 is 0 Å². The van der Waals surface area contributed by atoms with Crippen LogP contribution in [0.5, 0.6) is 0 Å². The van der Waals surface area contributed by atoms with Gasteiger partial charge >= 0.3 is 12.1 Å². The van der Waals surface area contributed by atoms with Crippen LogP contribution in [0.15, 0.2) is 42.5 Å². The number of ether oxygens (including phenoxy) is 2. The van der Waals surface area contributed by atoms with Gasteiger partial charge in [0.15, 0.2) is 11.6 Å². The number of halogens is 3. The fourth-order valence-electron chi connectivity index (χ4n) is 3.26. The first-order chi connectivity index (χ1) is 16.4. The average molecular weight is 495 g/mol. The van der Waals surface area contributed by atoms with Crippen molar-refractivity contribution >= 4 is 18.0 Å². The molecule has 0 saturated heterocycles. The molecule has 2 rings (SSSR count). The number of carbonyl (C=O) groups is 3. The van der Waals surface area contributed by atoms with E-state index in [0.717, 1.165) is 12.7 Å². The third kappa shape index (κ3) is 9.30. The largest absolute Gasteiger partial charge is 0.469 e. The van der Waals surface area contributed by atoms with Crippen LogP contribution < -0.4 is 10.6 Å². The van der Waals surface area contributed by atoms with Crippen LogP contribution in [0.2, 0.25) is 0 Å². The third-order valence-corrected chi connectivity index (χ3v) is 4.83. The first kappa shape index (κ1) is 27.7. The summed E-state index contributed by atoms with van der Waals surface area (Å²) in [6.45, 7) is 5.00. The lowest BCUT2D eigenvalue weighted by molar-refractivity contribution is -0.141. The summed E-state index contributed by atoms with van der Waals surface area (Å²) >= 11 is 0. The van der Waals surface area contributed by atoms with E-state index in [1.807, 2.05) is 0 Å². The third-order valence-electron chi connectivity index (χ3n) is 4.83. The molecule has 2 amide bonds. The lowest BCUT2D eigenvalue weighted by Crippen LogP contribution is -2.52. The molecular weight excluding hydrogens is 465 g/mol. The number of esters is 1. The zero-order valence-corrected chi connectivity index (χ0v) is 20.0. The fraction of sp³-hybridized carbons (Fsp3) is 0.400. The predicted molar refractivity (Wildman–Crippen MR) is 122 cm³/mol. The van der Waals surface area contributed by atoms with Crippen molar-refractivity contribution < 1.29 is 37.0 Å². The van der Waals surface area contributed by atoms with E-state index in [0.29, 0.717) is 12.1 Å². The molecule has 7 nitrogen and oxygen atoms in total. The van der Waals surface area contributed by atoms with Gasteiger partial charge in [-0.25, -0.2) is 18.0 Å². The molecule has 2 N–H and O–H groups in total. The molecule has 2 atom stereocenters. The maximum atomic E-state index is 14.2. The van der Waals surface area contributed by atoms with Gasteiger partial charge in [0.1, 0.15) is 17.5 Å². The van der Waals surface area contributed by atoms with Gasteiger partial charge in [-0.2, -0.15) is 0 Å². The van der Waals surface area contributed by atoms with E-state index in [1.54, 1.807) is 51.1 Å². The lowest BCUT2D eigenvalue weighted by Gasteiger charge is -2.25. The summed E-state index contributed by atoms with van der Waals surface area (Å²) in [5.41, 5.74) is -0.312. The van der Waals surface area contributed by atoms with Crippen LogP contribution in [-0.4, -0.2) is 42.8 Å². The minimum absolute atomic E-state index is 0.0936. The van der Waals surface area contributed by atoms with Gasteiger partial charge in [0.25, 0.3) is 0 Å². The SMILES string of the molecule is COC(=O)CC(Cc1cc(F)c(F)cc1F)NC(=O)C(Cc1ccccc1)NC(=O)OC(C)(C)C. The first-order valence-electron chi connectivity index (χ1n) is 10.9. The van der Waals surface area contributed by atoms with Gasteiger partial charge in [-0.1, -0.05) is 30.3 Å². The molecule has 0 heterocycles. The van der Waals surface area contributed by atoms with Gasteiger partial charge in [0, 0.05) is 18.5 Å². The number of hydrogen-bond donors (Lipinski definition) is 2. The highest BCUT2D eigenvalue weighted by Gasteiger charge is 2.28. The molecule has 2 aromatic rings. The second kappa shape index (κ2) is 12.2. The number of methoxy groups -OCH3 is 1. The monoisotopic (exact) mass is 494 g/mol. The topological polar surface area (TPSA) is 93.7 Å². The zero-order chi connectivity index (χ0) is 26.2. The van der Waals surface area contributed by atoms with Gasteiger partial charge in [-0.3, -0.25) is 9.59 Å². The summed E-state index contributed by atoms with van der Waals surface area (Å²) < 4.78 is 51.1. The number of rotatable bonds is 9. The molecule has 2 aromatic carbocycles. The number of alkyl carbamates (subject to hydrolysis) is 1. The molecule has 0 radical (unpaired) electrons. The predicted octanol–water partition coefficient (Wildman–Crippen LogP) is 3.83. The molecule has 10 heteroatoms. The molecule has 0 fully saturated rings.